The lowest BCUT2D eigenvalue weighted by atomic mass is 10.1. The van der Waals surface area contributed by atoms with Crippen molar-refractivity contribution in [2.24, 2.45) is 0 Å². The number of hydrogen-bond acceptors (Lipinski definition) is 8. The fraction of sp³-hybridized carbons (Fsp3) is 0.360. The molecule has 0 saturated carbocycles. The molecule has 9 nitrogen and oxygen atoms in total. The molecule has 1 saturated heterocycles. The first kappa shape index (κ1) is 23.6. The third-order valence-corrected chi connectivity index (χ3v) is 5.86. The van der Waals surface area contributed by atoms with Crippen LogP contribution in [-0.2, 0) is 4.79 Å². The van der Waals surface area contributed by atoms with Crippen LogP contribution in [0.4, 0.5) is 0 Å². The lowest BCUT2D eigenvalue weighted by Crippen LogP contribution is -2.50. The van der Waals surface area contributed by atoms with E-state index in [9.17, 15) is 9.59 Å². The second-order valence-electron chi connectivity index (χ2n) is 7.92. The Bertz CT molecular complexity index is 1090. The molecule has 9 heteroatoms. The van der Waals surface area contributed by atoms with Gasteiger partial charge in [-0.1, -0.05) is 12.1 Å². The summed E-state index contributed by atoms with van der Waals surface area (Å²) in [7, 11) is 3.08. The number of para-hydroxylation sites is 1. The Morgan fingerprint density at radius 2 is 1.91 bits per heavy atom. The monoisotopic (exact) mass is 468 g/mol. The highest BCUT2D eigenvalue weighted by atomic mass is 16.5. The molecule has 2 aliphatic heterocycles. The van der Waals surface area contributed by atoms with E-state index in [2.05, 4.69) is 4.90 Å². The number of carbonyl (C=O) groups excluding carboxylic acids is 2. The van der Waals surface area contributed by atoms with E-state index in [-0.39, 0.29) is 30.7 Å². The van der Waals surface area contributed by atoms with Crippen LogP contribution >= 0.6 is 0 Å². The van der Waals surface area contributed by atoms with Gasteiger partial charge in [-0.05, 0) is 24.3 Å². The molecule has 4 rings (SSSR count). The van der Waals surface area contributed by atoms with E-state index < -0.39 is 0 Å². The van der Waals surface area contributed by atoms with Crippen LogP contribution in [-0.4, -0.2) is 86.8 Å². The Kier molecular flexibility index (Phi) is 7.34. The number of aliphatic hydroxyl groups is 1. The molecular formula is C25H28N2O7. The summed E-state index contributed by atoms with van der Waals surface area (Å²) in [5, 5.41) is 9.03. The Morgan fingerprint density at radius 3 is 2.62 bits per heavy atom. The minimum absolute atomic E-state index is 0.101. The second-order valence-corrected chi connectivity index (χ2v) is 7.92. The van der Waals surface area contributed by atoms with Crippen molar-refractivity contribution in [2.45, 2.75) is 0 Å². The smallest absolute Gasteiger partial charge is 0.260 e. The molecule has 0 aliphatic carbocycles. The molecule has 2 aliphatic rings. The lowest BCUT2D eigenvalue weighted by molar-refractivity contribution is -0.135. The summed E-state index contributed by atoms with van der Waals surface area (Å²) in [6.45, 7) is 3.30. The summed E-state index contributed by atoms with van der Waals surface area (Å²) in [5.74, 6) is 1.69. The van der Waals surface area contributed by atoms with Crippen LogP contribution < -0.4 is 18.9 Å². The van der Waals surface area contributed by atoms with Gasteiger partial charge in [-0.2, -0.15) is 0 Å². The Labute approximate surface area is 198 Å². The maximum absolute atomic E-state index is 12.8. The van der Waals surface area contributed by atoms with Crippen LogP contribution in [0.1, 0.15) is 15.9 Å². The molecule has 0 atom stereocenters. The maximum Gasteiger partial charge on any atom is 0.260 e. The Balaban J connectivity index is 1.40. The number of Topliss-reactive ketones (excluding diaryl/α,β-unsaturated/α-hetero) is 1. The Morgan fingerprint density at radius 1 is 1.12 bits per heavy atom. The molecule has 2 aromatic rings. The van der Waals surface area contributed by atoms with Crippen molar-refractivity contribution in [1.29, 1.82) is 0 Å². The van der Waals surface area contributed by atoms with E-state index in [4.69, 9.17) is 24.1 Å². The van der Waals surface area contributed by atoms with Crippen molar-refractivity contribution >= 4 is 17.8 Å². The molecule has 1 N–H and O–H groups in total. The number of benzene rings is 2. The van der Waals surface area contributed by atoms with E-state index in [1.54, 1.807) is 54.5 Å². The predicted molar refractivity (Wildman–Crippen MR) is 125 cm³/mol. The van der Waals surface area contributed by atoms with Crippen molar-refractivity contribution in [3.8, 4) is 23.0 Å². The first-order valence-corrected chi connectivity index (χ1v) is 11.1. The number of aliphatic hydroxyl groups excluding tert-OH is 1. The molecule has 34 heavy (non-hydrogen) atoms. The fourth-order valence-electron chi connectivity index (χ4n) is 4.02. The van der Waals surface area contributed by atoms with E-state index in [1.807, 2.05) is 0 Å². The van der Waals surface area contributed by atoms with Gasteiger partial charge >= 0.3 is 0 Å². The third kappa shape index (κ3) is 5.00. The van der Waals surface area contributed by atoms with Gasteiger partial charge in [-0.15, -0.1) is 0 Å². The highest BCUT2D eigenvalue weighted by molar-refractivity contribution is 6.14. The summed E-state index contributed by atoms with van der Waals surface area (Å²) in [6, 6.07) is 10.3. The molecule has 180 valence electrons. The van der Waals surface area contributed by atoms with Gasteiger partial charge in [-0.3, -0.25) is 14.5 Å². The molecule has 0 aromatic heterocycles. The number of ketones is 1. The highest BCUT2D eigenvalue weighted by Crippen LogP contribution is 2.37. The first-order chi connectivity index (χ1) is 16.5. The lowest BCUT2D eigenvalue weighted by Gasteiger charge is -2.34. The van der Waals surface area contributed by atoms with Gasteiger partial charge in [-0.25, -0.2) is 0 Å². The quantitative estimate of drug-likeness (QED) is 0.586. The standard InChI is InChI=1S/C25H28N2O7/c1-31-20-5-3-4-17(25(20)32-2)14-22-24(30)19-7-6-18(15-21(19)34-22)33-16-23(29)27-10-8-26(9-11-27)12-13-28/h3-7,14-15,28H,8-13,16H2,1-2H3. The topological polar surface area (TPSA) is 97.8 Å². The van der Waals surface area contributed by atoms with Crippen LogP contribution in [0.25, 0.3) is 6.08 Å². The molecule has 1 fully saturated rings. The molecule has 2 heterocycles. The SMILES string of the molecule is COc1cccc(C=C2Oc3cc(OCC(=O)N4CCN(CCO)CC4)ccc3C2=O)c1OC. The van der Waals surface area contributed by atoms with Crippen molar-refractivity contribution in [3.05, 3.63) is 53.3 Å². The van der Waals surface area contributed by atoms with E-state index in [0.717, 1.165) is 13.1 Å². The van der Waals surface area contributed by atoms with Gasteiger partial charge < -0.3 is 29.0 Å². The van der Waals surface area contributed by atoms with E-state index in [0.29, 0.717) is 53.8 Å². The van der Waals surface area contributed by atoms with Gasteiger partial charge in [0.15, 0.2) is 23.9 Å². The number of β-amino-alcohol motifs (C(OH)–C–C–N with tert-alkyl or cyclic N) is 1. The summed E-state index contributed by atoms with van der Waals surface area (Å²) in [4.78, 5) is 29.2. The van der Waals surface area contributed by atoms with Crippen LogP contribution in [0, 0.1) is 0 Å². The predicted octanol–water partition coefficient (Wildman–Crippen LogP) is 1.84. The molecule has 1 amide bonds. The van der Waals surface area contributed by atoms with Crippen LogP contribution in [0.5, 0.6) is 23.0 Å². The number of ether oxygens (including phenoxy) is 4. The van der Waals surface area contributed by atoms with Crippen LogP contribution in [0.2, 0.25) is 0 Å². The fourth-order valence-corrected chi connectivity index (χ4v) is 4.02. The minimum atomic E-state index is -0.247. The average Bonchev–Trinajstić information content (AvgIpc) is 3.17. The number of nitrogens with zero attached hydrogens (tertiary/aromatic N) is 2. The van der Waals surface area contributed by atoms with Gasteiger partial charge in [0, 0.05) is 44.4 Å². The van der Waals surface area contributed by atoms with Crippen molar-refractivity contribution in [2.75, 3.05) is 60.2 Å². The molecule has 0 unspecified atom stereocenters. The first-order valence-electron chi connectivity index (χ1n) is 11.1. The van der Waals surface area contributed by atoms with Crippen molar-refractivity contribution in [1.82, 2.24) is 9.80 Å². The maximum atomic E-state index is 12.8. The molecular weight excluding hydrogens is 440 g/mol. The zero-order chi connectivity index (χ0) is 24.1. The number of piperazine rings is 1. The zero-order valence-electron chi connectivity index (χ0n) is 19.3. The largest absolute Gasteiger partial charge is 0.493 e. The second kappa shape index (κ2) is 10.6. The number of rotatable bonds is 8. The molecule has 0 spiro atoms. The number of hydrogen-bond donors (Lipinski definition) is 1. The van der Waals surface area contributed by atoms with Crippen molar-refractivity contribution < 1.29 is 33.6 Å². The highest BCUT2D eigenvalue weighted by Gasteiger charge is 2.29. The van der Waals surface area contributed by atoms with Crippen LogP contribution in [0.15, 0.2) is 42.2 Å². The van der Waals surface area contributed by atoms with Gasteiger partial charge in [0.2, 0.25) is 5.78 Å². The van der Waals surface area contributed by atoms with E-state index in [1.165, 1.54) is 7.11 Å². The zero-order valence-corrected chi connectivity index (χ0v) is 19.3. The number of amides is 1. The minimum Gasteiger partial charge on any atom is -0.493 e. The summed E-state index contributed by atoms with van der Waals surface area (Å²) in [6.07, 6.45) is 1.62. The number of fused-ring (bicyclic) bond motifs is 1. The Hall–Kier alpha value is -3.56. The molecule has 0 bridgehead atoms. The van der Waals surface area contributed by atoms with Crippen LogP contribution in [0.3, 0.4) is 0 Å². The van der Waals surface area contributed by atoms with Gasteiger partial charge in [0.25, 0.3) is 5.91 Å². The summed E-state index contributed by atoms with van der Waals surface area (Å²) < 4.78 is 22.2. The van der Waals surface area contributed by atoms with E-state index >= 15 is 0 Å². The molecule has 0 radical (unpaired) electrons. The molecule has 2 aromatic carbocycles. The van der Waals surface area contributed by atoms with Gasteiger partial charge in [0.05, 0.1) is 26.4 Å². The number of allylic oxidation sites excluding steroid dienone is 1. The third-order valence-electron chi connectivity index (χ3n) is 5.86. The summed E-state index contributed by atoms with van der Waals surface area (Å²) in [5.41, 5.74) is 1.07. The number of carbonyl (C=O) groups is 2. The normalized spacial score (nSPS) is 16.9. The number of methoxy groups -OCH3 is 2. The summed E-state index contributed by atoms with van der Waals surface area (Å²) >= 11 is 0. The van der Waals surface area contributed by atoms with Crippen molar-refractivity contribution in [3.63, 3.8) is 0 Å². The average molecular weight is 469 g/mol. The van der Waals surface area contributed by atoms with Gasteiger partial charge in [0.1, 0.15) is 11.5 Å².